The molecule has 0 amide bonds. The van der Waals surface area contributed by atoms with E-state index in [1.165, 1.54) is 6.07 Å². The van der Waals surface area contributed by atoms with E-state index in [9.17, 15) is 4.39 Å². The summed E-state index contributed by atoms with van der Waals surface area (Å²) in [5.74, 6) is 1.16. The summed E-state index contributed by atoms with van der Waals surface area (Å²) in [6, 6.07) is 8.58. The zero-order valence-electron chi connectivity index (χ0n) is 10.4. The predicted molar refractivity (Wildman–Crippen MR) is 68.0 cm³/mol. The largest absolute Gasteiger partial charge is 0.408 e. The average Bonchev–Trinajstić information content (AvgIpc) is 2.85. The summed E-state index contributed by atoms with van der Waals surface area (Å²) in [6.07, 6.45) is 1.57. The summed E-state index contributed by atoms with van der Waals surface area (Å²) in [5, 5.41) is 6.14. The van der Waals surface area contributed by atoms with Crippen molar-refractivity contribution in [3.8, 4) is 0 Å². The standard InChI is InChI=1S/C13H12FN5/c1-9-6-12(19-13(18-9)16-8-17-19)15-7-10-4-2-3-5-11(10)14/h2-6,8H,7H2,1H3,(H,15,16,17,18)/p+1. The molecular weight excluding hydrogens is 245 g/mol. The summed E-state index contributed by atoms with van der Waals surface area (Å²) >= 11 is 0. The van der Waals surface area contributed by atoms with Gasteiger partial charge >= 0.3 is 5.78 Å². The lowest BCUT2D eigenvalue weighted by Crippen LogP contribution is -2.29. The Morgan fingerprint density at radius 2 is 2.21 bits per heavy atom. The molecule has 0 unspecified atom stereocenters. The van der Waals surface area contributed by atoms with Crippen LogP contribution >= 0.6 is 0 Å². The maximum absolute atomic E-state index is 13.5. The number of aryl methyl sites for hydroxylation is 1. The van der Waals surface area contributed by atoms with Crippen molar-refractivity contribution in [1.82, 2.24) is 15.1 Å². The number of rotatable bonds is 3. The molecule has 2 aromatic heterocycles. The highest BCUT2D eigenvalue weighted by molar-refractivity contribution is 5.35. The van der Waals surface area contributed by atoms with Crippen LogP contribution in [0.3, 0.4) is 0 Å². The Kier molecular flexibility index (Phi) is 2.83. The maximum atomic E-state index is 13.5. The third-order valence-corrected chi connectivity index (χ3v) is 2.85. The minimum Gasteiger partial charge on any atom is -0.316 e. The molecule has 0 atom stereocenters. The molecule has 2 heterocycles. The molecule has 96 valence electrons. The van der Waals surface area contributed by atoms with Crippen molar-refractivity contribution >= 4 is 11.6 Å². The van der Waals surface area contributed by atoms with Crippen LogP contribution in [0.25, 0.3) is 5.78 Å². The smallest absolute Gasteiger partial charge is 0.316 e. The Labute approximate surface area is 109 Å². The van der Waals surface area contributed by atoms with E-state index in [-0.39, 0.29) is 5.82 Å². The van der Waals surface area contributed by atoms with Gasteiger partial charge in [0.15, 0.2) is 6.33 Å². The molecule has 19 heavy (non-hydrogen) atoms. The minimum absolute atomic E-state index is 0.216. The molecule has 2 N–H and O–H groups in total. The van der Waals surface area contributed by atoms with Gasteiger partial charge in [-0.3, -0.25) is 0 Å². The van der Waals surface area contributed by atoms with E-state index in [2.05, 4.69) is 20.4 Å². The number of hydrogen-bond donors (Lipinski definition) is 2. The Hall–Kier alpha value is -2.50. The van der Waals surface area contributed by atoms with Gasteiger partial charge in [-0.15, -0.1) is 9.50 Å². The van der Waals surface area contributed by atoms with Gasteiger partial charge < -0.3 is 5.32 Å². The normalized spacial score (nSPS) is 10.8. The van der Waals surface area contributed by atoms with Crippen LogP contribution in [0.2, 0.25) is 0 Å². The highest BCUT2D eigenvalue weighted by Gasteiger charge is 2.12. The van der Waals surface area contributed by atoms with Crippen molar-refractivity contribution in [2.75, 3.05) is 5.32 Å². The second-order valence-electron chi connectivity index (χ2n) is 4.25. The van der Waals surface area contributed by atoms with Crippen LogP contribution in [0.4, 0.5) is 10.2 Å². The topological polar surface area (TPSA) is 57.7 Å². The monoisotopic (exact) mass is 258 g/mol. The van der Waals surface area contributed by atoms with E-state index in [0.717, 1.165) is 11.5 Å². The fraction of sp³-hybridized carbons (Fsp3) is 0.154. The number of aromatic nitrogens is 4. The molecule has 0 radical (unpaired) electrons. The molecule has 5 nitrogen and oxygen atoms in total. The number of halogens is 1. The van der Waals surface area contributed by atoms with Crippen LogP contribution in [0.5, 0.6) is 0 Å². The fourth-order valence-corrected chi connectivity index (χ4v) is 1.93. The summed E-state index contributed by atoms with van der Waals surface area (Å²) < 4.78 is 15.3. The maximum Gasteiger partial charge on any atom is 0.408 e. The van der Waals surface area contributed by atoms with Gasteiger partial charge in [-0.1, -0.05) is 23.2 Å². The number of aromatic amines is 1. The third kappa shape index (κ3) is 2.24. The first-order chi connectivity index (χ1) is 9.24. The first kappa shape index (κ1) is 11.6. The number of benzene rings is 1. The van der Waals surface area contributed by atoms with Gasteiger partial charge in [0, 0.05) is 11.6 Å². The molecule has 0 bridgehead atoms. The molecule has 0 spiro atoms. The average molecular weight is 258 g/mol. The Bertz CT molecular complexity index is 722. The number of nitrogens with zero attached hydrogens (tertiary/aromatic N) is 3. The van der Waals surface area contributed by atoms with E-state index in [4.69, 9.17) is 0 Å². The van der Waals surface area contributed by atoms with Gasteiger partial charge in [-0.25, -0.2) is 9.49 Å². The van der Waals surface area contributed by atoms with Gasteiger partial charge in [0.05, 0.1) is 6.54 Å². The molecule has 3 rings (SSSR count). The summed E-state index contributed by atoms with van der Waals surface area (Å²) in [5.41, 5.74) is 1.47. The zero-order chi connectivity index (χ0) is 13.2. The van der Waals surface area contributed by atoms with Gasteiger partial charge in [-0.05, 0) is 13.0 Å². The van der Waals surface area contributed by atoms with E-state index in [1.54, 1.807) is 23.0 Å². The number of hydrogen-bond acceptors (Lipinski definition) is 3. The van der Waals surface area contributed by atoms with Gasteiger partial charge in [0.1, 0.15) is 11.5 Å². The molecule has 6 heteroatoms. The molecule has 0 saturated carbocycles. The molecule has 0 saturated heterocycles. The lowest BCUT2D eigenvalue weighted by atomic mass is 10.2. The van der Waals surface area contributed by atoms with Crippen molar-refractivity contribution in [3.63, 3.8) is 0 Å². The van der Waals surface area contributed by atoms with E-state index >= 15 is 0 Å². The van der Waals surface area contributed by atoms with Gasteiger partial charge in [-0.2, -0.15) is 0 Å². The first-order valence-corrected chi connectivity index (χ1v) is 5.94. The van der Waals surface area contributed by atoms with Crippen LogP contribution in [-0.4, -0.2) is 15.1 Å². The second-order valence-corrected chi connectivity index (χ2v) is 4.25. The number of anilines is 1. The number of H-pyrrole nitrogens is 1. The van der Waals surface area contributed by atoms with Gasteiger partial charge in [0.25, 0.3) is 0 Å². The van der Waals surface area contributed by atoms with Crippen molar-refractivity contribution in [3.05, 3.63) is 53.7 Å². The van der Waals surface area contributed by atoms with Crippen LogP contribution < -0.4 is 9.83 Å². The first-order valence-electron chi connectivity index (χ1n) is 5.94. The zero-order valence-corrected chi connectivity index (χ0v) is 10.4. The summed E-state index contributed by atoms with van der Waals surface area (Å²) in [6.45, 7) is 2.29. The highest BCUT2D eigenvalue weighted by atomic mass is 19.1. The Balaban J connectivity index is 1.90. The molecule has 0 aliphatic rings. The lowest BCUT2D eigenvalue weighted by Gasteiger charge is -2.04. The van der Waals surface area contributed by atoms with Crippen LogP contribution in [0, 0.1) is 12.7 Å². The van der Waals surface area contributed by atoms with Crippen molar-refractivity contribution in [2.24, 2.45) is 0 Å². The Morgan fingerprint density at radius 3 is 3.05 bits per heavy atom. The molecular formula is C13H13FN5+. The summed E-state index contributed by atoms with van der Waals surface area (Å²) in [4.78, 5) is 8.37. The second kappa shape index (κ2) is 4.64. The fourth-order valence-electron chi connectivity index (χ4n) is 1.93. The SMILES string of the molecule is Cc1cc(NCc2ccccc2F)[n+]2[nH]cnc2n1. The molecule has 3 aromatic rings. The summed E-state index contributed by atoms with van der Waals surface area (Å²) in [7, 11) is 0. The van der Waals surface area contributed by atoms with E-state index in [1.807, 2.05) is 19.1 Å². The van der Waals surface area contributed by atoms with Crippen molar-refractivity contribution in [1.29, 1.82) is 0 Å². The predicted octanol–water partition coefficient (Wildman–Crippen LogP) is 1.60. The van der Waals surface area contributed by atoms with Crippen LogP contribution in [0.15, 0.2) is 36.7 Å². The third-order valence-electron chi connectivity index (χ3n) is 2.85. The minimum atomic E-state index is -0.216. The molecule has 0 fully saturated rings. The Morgan fingerprint density at radius 1 is 1.37 bits per heavy atom. The number of nitrogens with one attached hydrogen (secondary N) is 2. The van der Waals surface area contributed by atoms with Crippen LogP contribution in [0.1, 0.15) is 11.3 Å². The van der Waals surface area contributed by atoms with Crippen LogP contribution in [-0.2, 0) is 6.54 Å². The van der Waals surface area contributed by atoms with Crippen molar-refractivity contribution < 1.29 is 8.91 Å². The molecule has 1 aromatic carbocycles. The van der Waals surface area contributed by atoms with E-state index < -0.39 is 0 Å². The van der Waals surface area contributed by atoms with Gasteiger partial charge in [0.2, 0.25) is 5.82 Å². The quantitative estimate of drug-likeness (QED) is 0.702. The highest BCUT2D eigenvalue weighted by Crippen LogP contribution is 2.09. The molecule has 0 aliphatic heterocycles. The molecule has 0 aliphatic carbocycles. The number of fused-ring (bicyclic) bond motifs is 1. The van der Waals surface area contributed by atoms with E-state index in [0.29, 0.717) is 17.9 Å². The lowest BCUT2D eigenvalue weighted by molar-refractivity contribution is -0.565. The van der Waals surface area contributed by atoms with Crippen molar-refractivity contribution in [2.45, 2.75) is 13.5 Å².